The summed E-state index contributed by atoms with van der Waals surface area (Å²) >= 11 is 8.48. The molecule has 0 saturated carbocycles. The molecule has 0 amide bonds. The van der Waals surface area contributed by atoms with Gasteiger partial charge in [0.25, 0.3) is 0 Å². The highest BCUT2D eigenvalue weighted by atomic mass is 79.9. The number of nitrogens with one attached hydrogen (secondary N) is 1. The van der Waals surface area contributed by atoms with Gasteiger partial charge in [-0.2, -0.15) is 0 Å². The zero-order chi connectivity index (χ0) is 7.72. The number of hydrogen-bond acceptors (Lipinski definition) is 2. The molecule has 0 spiro atoms. The highest BCUT2D eigenvalue weighted by Gasteiger charge is 2.15. The molecule has 1 N–H and O–H groups in total. The van der Waals surface area contributed by atoms with Crippen LogP contribution in [0, 0.1) is 10.1 Å². The molecule has 0 saturated heterocycles. The number of rotatable bonds is 1. The van der Waals surface area contributed by atoms with Crippen molar-refractivity contribution in [3.05, 3.63) is 25.9 Å². The van der Waals surface area contributed by atoms with Crippen LogP contribution < -0.4 is 0 Å². The normalized spacial score (nSPS) is 9.80. The van der Waals surface area contributed by atoms with Gasteiger partial charge in [0.15, 0.2) is 5.02 Å². The van der Waals surface area contributed by atoms with Gasteiger partial charge in [0.05, 0.1) is 11.1 Å². The number of hydrogen-bond donors (Lipinski definition) is 1. The van der Waals surface area contributed by atoms with Crippen molar-refractivity contribution in [3.63, 3.8) is 0 Å². The Bertz CT molecular complexity index is 272. The van der Waals surface area contributed by atoms with Crippen LogP contribution in [0.1, 0.15) is 0 Å². The van der Waals surface area contributed by atoms with E-state index in [0.717, 1.165) is 0 Å². The van der Waals surface area contributed by atoms with Crippen molar-refractivity contribution >= 4 is 33.2 Å². The average Bonchev–Trinajstić information content (AvgIpc) is 2.14. The van der Waals surface area contributed by atoms with Gasteiger partial charge in [-0.3, -0.25) is 10.1 Å². The molecule has 1 aromatic heterocycles. The lowest BCUT2D eigenvalue weighted by molar-refractivity contribution is -0.384. The monoisotopic (exact) mass is 224 g/mol. The molecule has 1 aromatic rings. The Morgan fingerprint density at radius 2 is 2.40 bits per heavy atom. The Morgan fingerprint density at radius 1 is 1.80 bits per heavy atom. The minimum absolute atomic E-state index is 0.102. The molecule has 0 aromatic carbocycles. The van der Waals surface area contributed by atoms with Gasteiger partial charge in [0, 0.05) is 0 Å². The van der Waals surface area contributed by atoms with Crippen molar-refractivity contribution in [2.24, 2.45) is 0 Å². The molecule has 0 unspecified atom stereocenters. The van der Waals surface area contributed by atoms with E-state index >= 15 is 0 Å². The molecule has 0 aliphatic carbocycles. The third-order valence-corrected chi connectivity index (χ3v) is 2.19. The van der Waals surface area contributed by atoms with Crippen LogP contribution in [0.4, 0.5) is 5.69 Å². The van der Waals surface area contributed by atoms with Crippen molar-refractivity contribution in [3.8, 4) is 0 Å². The van der Waals surface area contributed by atoms with E-state index in [1.165, 1.54) is 6.20 Å². The second-order valence-electron chi connectivity index (χ2n) is 1.56. The number of aromatic nitrogens is 1. The van der Waals surface area contributed by atoms with E-state index in [2.05, 4.69) is 20.9 Å². The predicted molar refractivity (Wildman–Crippen MR) is 40.2 cm³/mol. The standard InChI is InChI=1S/C4H2BrClN2O2/c5-4-3(6)2(1-7-4)8(9)10/h1,7H. The van der Waals surface area contributed by atoms with Gasteiger partial charge in [-0.1, -0.05) is 11.6 Å². The van der Waals surface area contributed by atoms with E-state index in [-0.39, 0.29) is 10.7 Å². The summed E-state index contributed by atoms with van der Waals surface area (Å²) in [5.41, 5.74) is -0.117. The second kappa shape index (κ2) is 2.59. The van der Waals surface area contributed by atoms with E-state index in [1.54, 1.807) is 0 Å². The molecule has 0 fully saturated rings. The third kappa shape index (κ3) is 1.15. The van der Waals surface area contributed by atoms with E-state index in [0.29, 0.717) is 4.60 Å². The molecule has 1 heterocycles. The van der Waals surface area contributed by atoms with Gasteiger partial charge in [-0.15, -0.1) is 0 Å². The molecular formula is C4H2BrClN2O2. The van der Waals surface area contributed by atoms with Crippen LogP contribution in [0.15, 0.2) is 10.8 Å². The Labute approximate surface area is 69.5 Å². The zero-order valence-corrected chi connectivity index (χ0v) is 6.94. The van der Waals surface area contributed by atoms with Gasteiger partial charge >= 0.3 is 5.69 Å². The lowest BCUT2D eigenvalue weighted by atomic mass is 10.5. The van der Waals surface area contributed by atoms with E-state index in [1.807, 2.05) is 0 Å². The van der Waals surface area contributed by atoms with Gasteiger partial charge in [-0.05, 0) is 15.9 Å². The third-order valence-electron chi connectivity index (χ3n) is 0.950. The zero-order valence-electron chi connectivity index (χ0n) is 4.60. The number of aromatic amines is 1. The molecular weight excluding hydrogens is 223 g/mol. The summed E-state index contributed by atoms with van der Waals surface area (Å²) in [5, 5.41) is 10.2. The summed E-state index contributed by atoms with van der Waals surface area (Å²) in [7, 11) is 0. The number of nitro groups is 1. The Hall–Kier alpha value is -0.550. The smallest absolute Gasteiger partial charge is 0.306 e. The molecule has 0 bridgehead atoms. The average molecular weight is 225 g/mol. The highest BCUT2D eigenvalue weighted by Crippen LogP contribution is 2.30. The van der Waals surface area contributed by atoms with Gasteiger partial charge in [-0.25, -0.2) is 0 Å². The van der Waals surface area contributed by atoms with Crippen LogP contribution in [-0.2, 0) is 0 Å². The van der Waals surface area contributed by atoms with Crippen LogP contribution >= 0.6 is 27.5 Å². The number of halogens is 2. The van der Waals surface area contributed by atoms with Gasteiger partial charge in [0.2, 0.25) is 0 Å². The summed E-state index contributed by atoms with van der Waals surface area (Å²) in [5.74, 6) is 0. The quantitative estimate of drug-likeness (QED) is 0.589. The van der Waals surface area contributed by atoms with Gasteiger partial charge < -0.3 is 4.98 Å². The predicted octanol–water partition coefficient (Wildman–Crippen LogP) is 2.34. The lowest BCUT2D eigenvalue weighted by Gasteiger charge is -1.83. The topological polar surface area (TPSA) is 58.9 Å². The first-order valence-electron chi connectivity index (χ1n) is 2.29. The first-order chi connectivity index (χ1) is 4.63. The molecule has 10 heavy (non-hydrogen) atoms. The first-order valence-corrected chi connectivity index (χ1v) is 3.47. The largest absolute Gasteiger partial charge is 0.349 e. The second-order valence-corrected chi connectivity index (χ2v) is 2.73. The van der Waals surface area contributed by atoms with Crippen LogP contribution in [-0.4, -0.2) is 9.91 Å². The molecule has 0 radical (unpaired) electrons. The SMILES string of the molecule is O=[N+]([O-])c1c[nH]c(Br)c1Cl. The van der Waals surface area contributed by atoms with Crippen molar-refractivity contribution < 1.29 is 4.92 Å². The molecule has 6 heteroatoms. The van der Waals surface area contributed by atoms with Crippen LogP contribution in [0.2, 0.25) is 5.02 Å². The maximum Gasteiger partial charge on any atom is 0.306 e. The lowest BCUT2D eigenvalue weighted by Crippen LogP contribution is -1.84. The fourth-order valence-corrected chi connectivity index (χ4v) is 0.999. The maximum atomic E-state index is 10.1. The van der Waals surface area contributed by atoms with Crippen molar-refractivity contribution in [1.29, 1.82) is 0 Å². The number of H-pyrrole nitrogens is 1. The van der Waals surface area contributed by atoms with Crippen molar-refractivity contribution in [1.82, 2.24) is 4.98 Å². The fraction of sp³-hybridized carbons (Fsp3) is 0. The summed E-state index contributed by atoms with van der Waals surface area (Å²) in [6, 6.07) is 0. The molecule has 4 nitrogen and oxygen atoms in total. The molecule has 0 atom stereocenters. The Balaban J connectivity index is 3.17. The summed E-state index contributed by atoms with van der Waals surface area (Å²) < 4.78 is 0.431. The van der Waals surface area contributed by atoms with Gasteiger partial charge in [0.1, 0.15) is 4.60 Å². The fourth-order valence-electron chi connectivity index (χ4n) is 0.504. The van der Waals surface area contributed by atoms with Crippen LogP contribution in [0.25, 0.3) is 0 Å². The maximum absolute atomic E-state index is 10.1. The Morgan fingerprint density at radius 3 is 2.60 bits per heavy atom. The van der Waals surface area contributed by atoms with Crippen molar-refractivity contribution in [2.45, 2.75) is 0 Å². The molecule has 0 aliphatic rings. The molecule has 0 aliphatic heterocycles. The van der Waals surface area contributed by atoms with Crippen LogP contribution in [0.5, 0.6) is 0 Å². The van der Waals surface area contributed by atoms with Crippen molar-refractivity contribution in [2.75, 3.05) is 0 Å². The molecule has 1 rings (SSSR count). The minimum Gasteiger partial charge on any atom is -0.349 e. The minimum atomic E-state index is -0.552. The number of nitrogens with zero attached hydrogens (tertiary/aromatic N) is 1. The Kier molecular flexibility index (Phi) is 1.96. The summed E-state index contributed by atoms with van der Waals surface area (Å²) in [6.45, 7) is 0. The van der Waals surface area contributed by atoms with Crippen LogP contribution in [0.3, 0.4) is 0 Å². The highest BCUT2D eigenvalue weighted by molar-refractivity contribution is 9.10. The summed E-state index contributed by atoms with van der Waals surface area (Å²) in [6.07, 6.45) is 1.23. The van der Waals surface area contributed by atoms with E-state index < -0.39 is 4.92 Å². The van der Waals surface area contributed by atoms with E-state index in [9.17, 15) is 10.1 Å². The molecule has 54 valence electrons. The summed E-state index contributed by atoms with van der Waals surface area (Å²) in [4.78, 5) is 12.1. The van der Waals surface area contributed by atoms with E-state index in [4.69, 9.17) is 11.6 Å². The first kappa shape index (κ1) is 7.56.